The van der Waals surface area contributed by atoms with Gasteiger partial charge in [-0.1, -0.05) is 24.3 Å². The lowest BCUT2D eigenvalue weighted by atomic mass is 10.1. The first-order valence-corrected chi connectivity index (χ1v) is 7.73. The molecule has 0 aliphatic rings. The number of aromatic nitrogens is 2. The number of halogens is 1. The van der Waals surface area contributed by atoms with Gasteiger partial charge in [-0.05, 0) is 47.7 Å². The molecule has 0 aliphatic carbocycles. The number of hydrogen-bond acceptors (Lipinski definition) is 4. The van der Waals surface area contributed by atoms with E-state index >= 15 is 0 Å². The standard InChI is InChI=1S/C16H13ClN2OS/c17-16-18-9-8-12(19-16)5-3-6-13(20)15-10-11-4-1-2-7-14(11)21-15/h1-5,7-10,13,20H,6H2/b5-3+/t13-/m0/s1. The fraction of sp³-hybridized carbons (Fsp3) is 0.125. The van der Waals surface area contributed by atoms with Gasteiger partial charge in [-0.2, -0.15) is 0 Å². The molecule has 0 saturated carbocycles. The minimum absolute atomic E-state index is 0.224. The molecule has 1 N–H and O–H groups in total. The summed E-state index contributed by atoms with van der Waals surface area (Å²) < 4.78 is 1.19. The fourth-order valence-electron chi connectivity index (χ4n) is 2.04. The summed E-state index contributed by atoms with van der Waals surface area (Å²) in [5, 5.41) is 11.6. The number of nitrogens with zero attached hydrogens (tertiary/aromatic N) is 2. The Morgan fingerprint density at radius 2 is 2.14 bits per heavy atom. The van der Waals surface area contributed by atoms with Gasteiger partial charge in [-0.25, -0.2) is 9.97 Å². The Balaban J connectivity index is 1.70. The van der Waals surface area contributed by atoms with E-state index in [1.807, 2.05) is 30.4 Å². The second kappa shape index (κ2) is 6.35. The van der Waals surface area contributed by atoms with Crippen molar-refractivity contribution in [3.8, 4) is 0 Å². The van der Waals surface area contributed by atoms with Crippen LogP contribution in [0.4, 0.5) is 0 Å². The Bertz CT molecular complexity index is 752. The summed E-state index contributed by atoms with van der Waals surface area (Å²) in [5.74, 6) is 0. The maximum atomic E-state index is 10.3. The van der Waals surface area contributed by atoms with Crippen molar-refractivity contribution in [2.75, 3.05) is 0 Å². The molecule has 0 amide bonds. The quantitative estimate of drug-likeness (QED) is 0.722. The minimum atomic E-state index is -0.504. The molecule has 0 radical (unpaired) electrons. The van der Waals surface area contributed by atoms with Crippen molar-refractivity contribution < 1.29 is 5.11 Å². The second-order valence-corrected chi connectivity index (χ2v) is 6.04. The van der Waals surface area contributed by atoms with E-state index in [2.05, 4.69) is 22.1 Å². The van der Waals surface area contributed by atoms with Crippen LogP contribution in [0.5, 0.6) is 0 Å². The molecule has 3 rings (SSSR count). The fourth-order valence-corrected chi connectivity index (χ4v) is 3.26. The third-order valence-corrected chi connectivity index (χ3v) is 4.47. The highest BCUT2D eigenvalue weighted by atomic mass is 35.5. The van der Waals surface area contributed by atoms with E-state index in [1.54, 1.807) is 23.6 Å². The van der Waals surface area contributed by atoms with Crippen molar-refractivity contribution in [1.29, 1.82) is 0 Å². The summed E-state index contributed by atoms with van der Waals surface area (Å²) in [5.41, 5.74) is 0.735. The van der Waals surface area contributed by atoms with Crippen molar-refractivity contribution in [1.82, 2.24) is 9.97 Å². The third kappa shape index (κ3) is 3.47. The largest absolute Gasteiger partial charge is 0.387 e. The van der Waals surface area contributed by atoms with E-state index in [4.69, 9.17) is 11.6 Å². The van der Waals surface area contributed by atoms with Crippen LogP contribution in [-0.4, -0.2) is 15.1 Å². The summed E-state index contributed by atoms with van der Waals surface area (Å²) in [6.45, 7) is 0. The summed E-state index contributed by atoms with van der Waals surface area (Å²) in [6, 6.07) is 11.9. The van der Waals surface area contributed by atoms with Crippen molar-refractivity contribution in [3.05, 3.63) is 64.5 Å². The van der Waals surface area contributed by atoms with Gasteiger partial charge in [0.1, 0.15) is 0 Å². The van der Waals surface area contributed by atoms with E-state index in [1.165, 1.54) is 10.1 Å². The third-order valence-electron chi connectivity index (χ3n) is 3.07. The normalized spacial score (nSPS) is 13.0. The van der Waals surface area contributed by atoms with E-state index < -0.39 is 6.10 Å². The van der Waals surface area contributed by atoms with E-state index in [-0.39, 0.29) is 5.28 Å². The van der Waals surface area contributed by atoms with Crippen molar-refractivity contribution in [2.24, 2.45) is 0 Å². The zero-order valence-electron chi connectivity index (χ0n) is 11.1. The number of benzene rings is 1. The van der Waals surface area contributed by atoms with Crippen LogP contribution in [0, 0.1) is 0 Å². The molecule has 1 aromatic carbocycles. The topological polar surface area (TPSA) is 46.0 Å². The molecule has 21 heavy (non-hydrogen) atoms. The predicted molar refractivity (Wildman–Crippen MR) is 87.5 cm³/mol. The highest BCUT2D eigenvalue weighted by Crippen LogP contribution is 2.31. The number of hydrogen-bond donors (Lipinski definition) is 1. The van der Waals surface area contributed by atoms with Crippen molar-refractivity contribution in [3.63, 3.8) is 0 Å². The van der Waals surface area contributed by atoms with Crippen molar-refractivity contribution in [2.45, 2.75) is 12.5 Å². The molecule has 0 unspecified atom stereocenters. The minimum Gasteiger partial charge on any atom is -0.387 e. The van der Waals surface area contributed by atoms with Gasteiger partial charge in [0.05, 0.1) is 11.8 Å². The zero-order valence-corrected chi connectivity index (χ0v) is 12.7. The average Bonchev–Trinajstić information content (AvgIpc) is 2.91. The molecule has 0 spiro atoms. The summed E-state index contributed by atoms with van der Waals surface area (Å²) in [7, 11) is 0. The van der Waals surface area contributed by atoms with E-state index in [0.29, 0.717) is 6.42 Å². The number of aliphatic hydroxyl groups is 1. The van der Waals surface area contributed by atoms with Gasteiger partial charge in [-0.3, -0.25) is 0 Å². The van der Waals surface area contributed by atoms with Gasteiger partial charge in [0, 0.05) is 15.8 Å². The highest BCUT2D eigenvalue weighted by molar-refractivity contribution is 7.19. The molecule has 3 nitrogen and oxygen atoms in total. The van der Waals surface area contributed by atoms with Crippen LogP contribution in [0.25, 0.3) is 16.2 Å². The summed E-state index contributed by atoms with van der Waals surface area (Å²) >= 11 is 7.35. The molecule has 0 bridgehead atoms. The molecule has 5 heteroatoms. The Morgan fingerprint density at radius 1 is 1.29 bits per heavy atom. The van der Waals surface area contributed by atoms with Crippen LogP contribution in [0.1, 0.15) is 23.1 Å². The van der Waals surface area contributed by atoms with Crippen molar-refractivity contribution >= 4 is 39.1 Å². The lowest BCUT2D eigenvalue weighted by Gasteiger charge is -2.03. The lowest BCUT2D eigenvalue weighted by molar-refractivity contribution is 0.185. The average molecular weight is 317 g/mol. The monoisotopic (exact) mass is 316 g/mol. The molecule has 3 aromatic rings. The Kier molecular flexibility index (Phi) is 4.29. The molecule has 0 aliphatic heterocycles. The zero-order chi connectivity index (χ0) is 14.7. The molecule has 2 heterocycles. The van der Waals surface area contributed by atoms with Gasteiger partial charge in [0.2, 0.25) is 5.28 Å². The molecule has 0 saturated heterocycles. The SMILES string of the molecule is O[C@@H](C/C=C/c1ccnc(Cl)n1)c1cc2ccccc2s1. The molecular weight excluding hydrogens is 304 g/mol. The number of rotatable bonds is 4. The first-order chi connectivity index (χ1) is 10.2. The van der Waals surface area contributed by atoms with Crippen LogP contribution in [0.3, 0.4) is 0 Å². The predicted octanol–water partition coefficient (Wildman–Crippen LogP) is 4.48. The van der Waals surface area contributed by atoms with Crippen LogP contribution in [0.2, 0.25) is 5.28 Å². The van der Waals surface area contributed by atoms with Gasteiger partial charge < -0.3 is 5.11 Å². The molecule has 106 valence electrons. The van der Waals surface area contributed by atoms with Crippen LogP contribution < -0.4 is 0 Å². The number of thiophene rings is 1. The molecule has 2 aromatic heterocycles. The summed E-state index contributed by atoms with van der Waals surface area (Å²) in [4.78, 5) is 8.87. The highest BCUT2D eigenvalue weighted by Gasteiger charge is 2.09. The van der Waals surface area contributed by atoms with Crippen LogP contribution in [0.15, 0.2) is 48.7 Å². The van der Waals surface area contributed by atoms with Gasteiger partial charge >= 0.3 is 0 Å². The Labute approximate surface area is 131 Å². The summed E-state index contributed by atoms with van der Waals surface area (Å²) in [6.07, 6.45) is 5.37. The second-order valence-electron chi connectivity index (χ2n) is 4.59. The van der Waals surface area contributed by atoms with Gasteiger partial charge in [0.15, 0.2) is 0 Å². The smallest absolute Gasteiger partial charge is 0.222 e. The molecule has 1 atom stereocenters. The van der Waals surface area contributed by atoms with E-state index in [0.717, 1.165) is 10.6 Å². The molecule has 0 fully saturated rings. The molecular formula is C16H13ClN2OS. The first kappa shape index (κ1) is 14.2. The number of fused-ring (bicyclic) bond motifs is 1. The lowest BCUT2D eigenvalue weighted by Crippen LogP contribution is -1.91. The number of aliphatic hydroxyl groups excluding tert-OH is 1. The Morgan fingerprint density at radius 3 is 2.95 bits per heavy atom. The van der Waals surface area contributed by atoms with Crippen LogP contribution in [-0.2, 0) is 0 Å². The first-order valence-electron chi connectivity index (χ1n) is 6.54. The van der Waals surface area contributed by atoms with Gasteiger partial charge in [0.25, 0.3) is 0 Å². The maximum absolute atomic E-state index is 10.3. The van der Waals surface area contributed by atoms with Crippen LogP contribution >= 0.6 is 22.9 Å². The maximum Gasteiger partial charge on any atom is 0.222 e. The van der Waals surface area contributed by atoms with Gasteiger partial charge in [-0.15, -0.1) is 11.3 Å². The van der Waals surface area contributed by atoms with E-state index in [9.17, 15) is 5.11 Å². The Hall–Kier alpha value is -1.75.